The number of Topliss-reactive ketones (excluding diaryl/α,β-unsaturated/α-hetero) is 1. The van der Waals surface area contributed by atoms with Gasteiger partial charge in [-0.1, -0.05) is 75.4 Å². The minimum absolute atomic E-state index is 0.0832. The predicted octanol–water partition coefficient (Wildman–Crippen LogP) is 5.76. The van der Waals surface area contributed by atoms with Gasteiger partial charge in [0.15, 0.2) is 5.78 Å². The summed E-state index contributed by atoms with van der Waals surface area (Å²) in [5.74, 6) is 0.777. The zero-order valence-corrected chi connectivity index (χ0v) is 14.7. The Morgan fingerprint density at radius 2 is 1.54 bits per heavy atom. The van der Waals surface area contributed by atoms with Gasteiger partial charge in [0.25, 0.3) is 0 Å². The zero-order valence-electron chi connectivity index (χ0n) is 14.7. The second-order valence-electron chi connectivity index (χ2n) is 8.06. The van der Waals surface area contributed by atoms with Crippen LogP contribution in [0, 0.1) is 16.7 Å². The van der Waals surface area contributed by atoms with Crippen molar-refractivity contribution in [3.05, 3.63) is 65.7 Å². The summed E-state index contributed by atoms with van der Waals surface area (Å²) in [5, 5.41) is 0. The van der Waals surface area contributed by atoms with Crippen LogP contribution < -0.4 is 0 Å². The van der Waals surface area contributed by atoms with Crippen LogP contribution in [0.25, 0.3) is 17.2 Å². The summed E-state index contributed by atoms with van der Waals surface area (Å²) in [7, 11) is 0. The van der Waals surface area contributed by atoms with Gasteiger partial charge in [-0.2, -0.15) is 0 Å². The number of allylic oxidation sites excluding steroid dienone is 1. The van der Waals surface area contributed by atoms with Gasteiger partial charge in [-0.05, 0) is 52.5 Å². The van der Waals surface area contributed by atoms with E-state index in [1.807, 2.05) is 6.07 Å². The van der Waals surface area contributed by atoms with E-state index in [0.717, 1.165) is 24.0 Å². The Morgan fingerprint density at radius 3 is 2.12 bits per heavy atom. The van der Waals surface area contributed by atoms with E-state index < -0.39 is 0 Å². The number of benzene rings is 2. The Kier molecular flexibility index (Phi) is 3.32. The van der Waals surface area contributed by atoms with Crippen LogP contribution in [0.4, 0.5) is 0 Å². The van der Waals surface area contributed by atoms with Crippen molar-refractivity contribution in [3.63, 3.8) is 0 Å². The fraction of sp³-hybridized carbons (Fsp3) is 0.348. The third-order valence-electron chi connectivity index (χ3n) is 6.71. The van der Waals surface area contributed by atoms with Crippen LogP contribution in [0.1, 0.15) is 39.2 Å². The van der Waals surface area contributed by atoms with E-state index in [2.05, 4.69) is 75.4 Å². The number of hydrogen-bond donors (Lipinski definition) is 0. The first-order valence-electron chi connectivity index (χ1n) is 8.85. The van der Waals surface area contributed by atoms with Crippen LogP contribution in [0.2, 0.25) is 0 Å². The highest BCUT2D eigenvalue weighted by atomic mass is 16.1. The maximum atomic E-state index is 12.9. The van der Waals surface area contributed by atoms with Crippen molar-refractivity contribution in [2.24, 2.45) is 16.7 Å². The maximum Gasteiger partial charge on any atom is 0.165 e. The van der Waals surface area contributed by atoms with E-state index in [-0.39, 0.29) is 10.8 Å². The molecule has 0 saturated heterocycles. The van der Waals surface area contributed by atoms with Gasteiger partial charge in [-0.3, -0.25) is 4.79 Å². The molecule has 2 aliphatic rings. The lowest BCUT2D eigenvalue weighted by molar-refractivity contribution is -0.125. The van der Waals surface area contributed by atoms with Crippen LogP contribution in [0.3, 0.4) is 0 Å². The van der Waals surface area contributed by atoms with Crippen LogP contribution in [-0.2, 0) is 4.79 Å². The Hall–Kier alpha value is -2.15. The molecule has 1 heteroatoms. The van der Waals surface area contributed by atoms with E-state index in [4.69, 9.17) is 0 Å². The predicted molar refractivity (Wildman–Crippen MR) is 99.5 cm³/mol. The summed E-state index contributed by atoms with van der Waals surface area (Å²) in [6, 6.07) is 18.9. The normalized spacial score (nSPS) is 29.4. The molecule has 24 heavy (non-hydrogen) atoms. The third kappa shape index (κ3) is 2.04. The standard InChI is InChI=1S/C23H24O/c1-22(2)20-13-14-23(22,3)21(24)19(20)15-16-9-11-18(12-10-16)17-7-5-4-6-8-17/h4-12,15,20H,13-14H2,1-3H3. The maximum absolute atomic E-state index is 12.9. The molecular weight excluding hydrogens is 292 g/mol. The lowest BCUT2D eigenvalue weighted by atomic mass is 9.70. The highest BCUT2D eigenvalue weighted by molar-refractivity contribution is 6.07. The molecule has 0 N–H and O–H groups in total. The van der Waals surface area contributed by atoms with Gasteiger partial charge in [-0.25, -0.2) is 0 Å². The van der Waals surface area contributed by atoms with E-state index in [1.54, 1.807) is 0 Å². The first-order chi connectivity index (χ1) is 11.4. The lowest BCUT2D eigenvalue weighted by Gasteiger charge is -2.31. The summed E-state index contributed by atoms with van der Waals surface area (Å²) < 4.78 is 0. The van der Waals surface area contributed by atoms with Gasteiger partial charge in [0.2, 0.25) is 0 Å². The molecule has 2 bridgehead atoms. The molecule has 2 aromatic rings. The smallest absolute Gasteiger partial charge is 0.165 e. The number of fused-ring (bicyclic) bond motifs is 2. The average Bonchev–Trinajstić information content (AvgIpc) is 2.90. The Morgan fingerprint density at radius 1 is 0.917 bits per heavy atom. The fourth-order valence-corrected chi connectivity index (χ4v) is 4.68. The summed E-state index contributed by atoms with van der Waals surface area (Å²) in [6.45, 7) is 6.69. The van der Waals surface area contributed by atoms with E-state index >= 15 is 0 Å². The lowest BCUT2D eigenvalue weighted by Crippen LogP contribution is -2.32. The Labute approximate surface area is 144 Å². The van der Waals surface area contributed by atoms with E-state index in [9.17, 15) is 4.79 Å². The minimum Gasteiger partial charge on any atom is -0.294 e. The molecule has 4 rings (SSSR count). The molecular formula is C23H24O. The van der Waals surface area contributed by atoms with Gasteiger partial charge in [0, 0.05) is 5.41 Å². The van der Waals surface area contributed by atoms with Crippen molar-refractivity contribution in [1.29, 1.82) is 0 Å². The number of carbonyl (C=O) groups is 1. The van der Waals surface area contributed by atoms with Gasteiger partial charge < -0.3 is 0 Å². The summed E-state index contributed by atoms with van der Waals surface area (Å²) in [4.78, 5) is 12.9. The Balaban J connectivity index is 1.67. The molecule has 2 saturated carbocycles. The molecule has 2 atom stereocenters. The van der Waals surface area contributed by atoms with Crippen LogP contribution in [0.5, 0.6) is 0 Å². The van der Waals surface area contributed by atoms with E-state index in [0.29, 0.717) is 11.7 Å². The summed E-state index contributed by atoms with van der Waals surface area (Å²) in [6.07, 6.45) is 4.31. The molecule has 2 aliphatic carbocycles. The van der Waals surface area contributed by atoms with Crippen molar-refractivity contribution >= 4 is 11.9 Å². The van der Waals surface area contributed by atoms with Crippen molar-refractivity contribution in [2.45, 2.75) is 33.6 Å². The van der Waals surface area contributed by atoms with Gasteiger partial charge in [-0.15, -0.1) is 0 Å². The highest BCUT2D eigenvalue weighted by Gasteiger charge is 2.63. The van der Waals surface area contributed by atoms with E-state index in [1.165, 1.54) is 11.1 Å². The van der Waals surface area contributed by atoms with Crippen molar-refractivity contribution in [3.8, 4) is 11.1 Å². The topological polar surface area (TPSA) is 17.1 Å². The molecule has 0 radical (unpaired) electrons. The number of ketones is 1. The third-order valence-corrected chi connectivity index (χ3v) is 6.71. The molecule has 0 aromatic heterocycles. The molecule has 122 valence electrons. The number of carbonyl (C=O) groups excluding carboxylic acids is 1. The molecule has 0 aliphatic heterocycles. The van der Waals surface area contributed by atoms with Gasteiger partial charge in [0.05, 0.1) is 0 Å². The molecule has 2 fully saturated rings. The number of hydrogen-bond acceptors (Lipinski definition) is 1. The minimum atomic E-state index is -0.173. The first-order valence-corrected chi connectivity index (χ1v) is 8.85. The van der Waals surface area contributed by atoms with Gasteiger partial charge >= 0.3 is 0 Å². The zero-order chi connectivity index (χ0) is 16.9. The van der Waals surface area contributed by atoms with Crippen molar-refractivity contribution in [1.82, 2.24) is 0 Å². The second kappa shape index (κ2) is 5.17. The summed E-state index contributed by atoms with van der Waals surface area (Å²) in [5.41, 5.74) is 4.52. The quantitative estimate of drug-likeness (QED) is 0.644. The monoisotopic (exact) mass is 316 g/mol. The molecule has 0 heterocycles. The second-order valence-corrected chi connectivity index (χ2v) is 8.06. The van der Waals surface area contributed by atoms with Gasteiger partial charge in [0.1, 0.15) is 0 Å². The SMILES string of the molecule is CC12CCC(C(=Cc3ccc(-c4ccccc4)cc3)C1=O)C2(C)C. The van der Waals surface area contributed by atoms with Crippen LogP contribution in [0.15, 0.2) is 60.2 Å². The molecule has 2 aromatic carbocycles. The summed E-state index contributed by atoms with van der Waals surface area (Å²) >= 11 is 0. The molecule has 0 amide bonds. The first kappa shape index (κ1) is 15.4. The molecule has 2 unspecified atom stereocenters. The number of rotatable bonds is 2. The highest BCUT2D eigenvalue weighted by Crippen LogP contribution is 2.65. The molecule has 0 spiro atoms. The largest absolute Gasteiger partial charge is 0.294 e. The average molecular weight is 316 g/mol. The Bertz CT molecular complexity index is 811. The van der Waals surface area contributed by atoms with Crippen molar-refractivity contribution in [2.75, 3.05) is 0 Å². The van der Waals surface area contributed by atoms with Crippen LogP contribution >= 0.6 is 0 Å². The van der Waals surface area contributed by atoms with Crippen LogP contribution in [-0.4, -0.2) is 5.78 Å². The molecule has 1 nitrogen and oxygen atoms in total. The fourth-order valence-electron chi connectivity index (χ4n) is 4.68. The van der Waals surface area contributed by atoms with Crippen molar-refractivity contribution < 1.29 is 4.79 Å².